The lowest BCUT2D eigenvalue weighted by atomic mass is 9.57. The third kappa shape index (κ3) is 3.60. The van der Waals surface area contributed by atoms with Gasteiger partial charge in [0.25, 0.3) is 10.1 Å². The van der Waals surface area contributed by atoms with Crippen LogP contribution in [0.2, 0.25) is 0 Å². The monoisotopic (exact) mass is 381 g/mol. The summed E-state index contributed by atoms with van der Waals surface area (Å²) in [5, 5.41) is 0. The van der Waals surface area contributed by atoms with Gasteiger partial charge in [0.05, 0.1) is 11.0 Å². The van der Waals surface area contributed by atoms with Gasteiger partial charge >= 0.3 is 6.09 Å². The van der Waals surface area contributed by atoms with E-state index in [2.05, 4.69) is 0 Å². The number of carbonyl (C=O) groups excluding carboxylic acids is 1. The standard InChI is InChI=1S/C19H27NO5S/c1-13-6-8-16(9-7-13)26(22,23)25-15-10-19(11-15)12-20(14(19)2)17(21)24-18(3,4)5/h6-9,14-15H,10-12H2,1-5H3. The summed E-state index contributed by atoms with van der Waals surface area (Å²) in [6, 6.07) is 6.67. The van der Waals surface area contributed by atoms with E-state index in [0.717, 1.165) is 5.56 Å². The van der Waals surface area contributed by atoms with Crippen molar-refractivity contribution in [1.29, 1.82) is 0 Å². The van der Waals surface area contributed by atoms with E-state index in [1.54, 1.807) is 29.2 Å². The number of benzene rings is 1. The summed E-state index contributed by atoms with van der Waals surface area (Å²) in [5.41, 5.74) is 0.425. The number of likely N-dealkylation sites (tertiary alicyclic amines) is 1. The molecule has 7 heteroatoms. The SMILES string of the molecule is Cc1ccc(S(=O)(=O)OC2CC3(C2)CN(C(=O)OC(C)(C)C)C3C)cc1. The minimum atomic E-state index is -3.75. The topological polar surface area (TPSA) is 72.9 Å². The maximum absolute atomic E-state index is 12.4. The van der Waals surface area contributed by atoms with Crippen molar-refractivity contribution in [2.45, 2.75) is 70.1 Å². The number of aryl methyl sites for hydroxylation is 1. The second-order valence-corrected chi connectivity index (χ2v) is 10.1. The van der Waals surface area contributed by atoms with E-state index in [0.29, 0.717) is 19.4 Å². The summed E-state index contributed by atoms with van der Waals surface area (Å²) >= 11 is 0. The fourth-order valence-electron chi connectivity index (χ4n) is 3.69. The van der Waals surface area contributed by atoms with Crippen LogP contribution in [-0.2, 0) is 19.0 Å². The van der Waals surface area contributed by atoms with Crippen molar-refractivity contribution in [3.63, 3.8) is 0 Å². The molecular weight excluding hydrogens is 354 g/mol. The highest BCUT2D eigenvalue weighted by atomic mass is 32.2. The quantitative estimate of drug-likeness (QED) is 0.750. The predicted octanol–water partition coefficient (Wildman–Crippen LogP) is 3.49. The van der Waals surface area contributed by atoms with Crippen LogP contribution < -0.4 is 0 Å². The Morgan fingerprint density at radius 2 is 1.77 bits per heavy atom. The van der Waals surface area contributed by atoms with E-state index in [1.165, 1.54) is 0 Å². The van der Waals surface area contributed by atoms with E-state index in [-0.39, 0.29) is 28.5 Å². The van der Waals surface area contributed by atoms with Crippen LogP contribution in [0.3, 0.4) is 0 Å². The Kier molecular flexibility index (Phi) is 4.60. The molecule has 1 atom stereocenters. The van der Waals surface area contributed by atoms with Crippen LogP contribution in [0, 0.1) is 12.3 Å². The average Bonchev–Trinajstić information content (AvgIpc) is 2.46. The zero-order valence-electron chi connectivity index (χ0n) is 16.0. The normalized spacial score (nSPS) is 28.4. The fourth-order valence-corrected chi connectivity index (χ4v) is 4.77. The fraction of sp³-hybridized carbons (Fsp3) is 0.632. The lowest BCUT2D eigenvalue weighted by Gasteiger charge is -2.62. The molecule has 1 unspecified atom stereocenters. The number of nitrogens with zero attached hydrogens (tertiary/aromatic N) is 1. The number of amides is 1. The molecule has 1 spiro atoms. The van der Waals surface area contributed by atoms with E-state index < -0.39 is 15.7 Å². The van der Waals surface area contributed by atoms with Crippen LogP contribution in [0.25, 0.3) is 0 Å². The van der Waals surface area contributed by atoms with Gasteiger partial charge in [0.1, 0.15) is 5.60 Å². The van der Waals surface area contributed by atoms with Gasteiger partial charge in [0.2, 0.25) is 0 Å². The van der Waals surface area contributed by atoms with Gasteiger partial charge in [-0.15, -0.1) is 0 Å². The second-order valence-electron chi connectivity index (χ2n) is 8.54. The molecular formula is C19H27NO5S. The van der Waals surface area contributed by atoms with Gasteiger partial charge in [-0.05, 0) is 59.6 Å². The van der Waals surface area contributed by atoms with Crippen molar-refractivity contribution in [1.82, 2.24) is 4.90 Å². The minimum absolute atomic E-state index is 0.0271. The van der Waals surface area contributed by atoms with Gasteiger partial charge in [-0.3, -0.25) is 4.18 Å². The highest BCUT2D eigenvalue weighted by Gasteiger charge is 2.60. The van der Waals surface area contributed by atoms with Gasteiger partial charge in [0, 0.05) is 18.0 Å². The van der Waals surface area contributed by atoms with Crippen molar-refractivity contribution in [2.24, 2.45) is 5.41 Å². The maximum Gasteiger partial charge on any atom is 0.410 e. The Morgan fingerprint density at radius 3 is 2.27 bits per heavy atom. The van der Waals surface area contributed by atoms with E-state index in [9.17, 15) is 13.2 Å². The van der Waals surface area contributed by atoms with Gasteiger partial charge in [-0.1, -0.05) is 17.7 Å². The first-order chi connectivity index (χ1) is 11.9. The molecule has 1 saturated heterocycles. The Labute approximate surface area is 155 Å². The summed E-state index contributed by atoms with van der Waals surface area (Å²) in [6.07, 6.45) is 0.633. The van der Waals surface area contributed by atoms with Crippen LogP contribution >= 0.6 is 0 Å². The predicted molar refractivity (Wildman–Crippen MR) is 97.3 cm³/mol. The molecule has 1 amide bonds. The van der Waals surface area contributed by atoms with Gasteiger partial charge < -0.3 is 9.64 Å². The summed E-state index contributed by atoms with van der Waals surface area (Å²) in [5.74, 6) is 0. The van der Waals surface area contributed by atoms with Crippen LogP contribution in [0.1, 0.15) is 46.1 Å². The van der Waals surface area contributed by atoms with Crippen molar-refractivity contribution < 1.29 is 22.1 Å². The number of ether oxygens (including phenoxy) is 1. The lowest BCUT2D eigenvalue weighted by Crippen LogP contribution is -2.71. The zero-order chi connectivity index (χ0) is 19.3. The molecule has 1 aromatic carbocycles. The number of hydrogen-bond donors (Lipinski definition) is 0. The lowest BCUT2D eigenvalue weighted by molar-refractivity contribution is -0.153. The average molecular weight is 381 g/mol. The third-order valence-electron chi connectivity index (χ3n) is 5.31. The molecule has 144 valence electrons. The first kappa shape index (κ1) is 19.2. The van der Waals surface area contributed by atoms with Gasteiger partial charge in [-0.25, -0.2) is 4.79 Å². The van der Waals surface area contributed by atoms with Crippen LogP contribution in [0.5, 0.6) is 0 Å². The summed E-state index contributed by atoms with van der Waals surface area (Å²) in [4.78, 5) is 14.1. The number of hydrogen-bond acceptors (Lipinski definition) is 5. The van der Waals surface area contributed by atoms with Gasteiger partial charge in [-0.2, -0.15) is 8.42 Å². The Balaban J connectivity index is 1.55. The van der Waals surface area contributed by atoms with Crippen molar-refractivity contribution in [2.75, 3.05) is 6.54 Å². The Morgan fingerprint density at radius 1 is 1.19 bits per heavy atom. The van der Waals surface area contributed by atoms with Gasteiger partial charge in [0.15, 0.2) is 0 Å². The molecule has 0 bridgehead atoms. The molecule has 3 rings (SSSR count). The summed E-state index contributed by atoms with van der Waals surface area (Å²) in [7, 11) is -3.75. The van der Waals surface area contributed by atoms with Crippen molar-refractivity contribution in [3.05, 3.63) is 29.8 Å². The van der Waals surface area contributed by atoms with E-state index in [1.807, 2.05) is 34.6 Å². The molecule has 0 N–H and O–H groups in total. The maximum atomic E-state index is 12.4. The first-order valence-electron chi connectivity index (χ1n) is 8.91. The number of rotatable bonds is 3. The molecule has 1 aliphatic carbocycles. The molecule has 0 radical (unpaired) electrons. The zero-order valence-corrected chi connectivity index (χ0v) is 16.8. The minimum Gasteiger partial charge on any atom is -0.444 e. The van der Waals surface area contributed by atoms with Crippen LogP contribution in [-0.4, -0.2) is 43.7 Å². The van der Waals surface area contributed by atoms with Crippen molar-refractivity contribution in [3.8, 4) is 0 Å². The first-order valence-corrected chi connectivity index (χ1v) is 10.3. The molecule has 0 aromatic heterocycles. The summed E-state index contributed by atoms with van der Waals surface area (Å²) in [6.45, 7) is 10.0. The van der Waals surface area contributed by atoms with E-state index in [4.69, 9.17) is 8.92 Å². The van der Waals surface area contributed by atoms with Crippen molar-refractivity contribution >= 4 is 16.2 Å². The Hall–Kier alpha value is -1.60. The molecule has 1 saturated carbocycles. The van der Waals surface area contributed by atoms with E-state index >= 15 is 0 Å². The number of carbonyl (C=O) groups is 1. The second kappa shape index (κ2) is 6.23. The molecule has 1 heterocycles. The smallest absolute Gasteiger partial charge is 0.410 e. The highest BCUT2D eigenvalue weighted by Crippen LogP contribution is 2.54. The largest absolute Gasteiger partial charge is 0.444 e. The Bertz CT molecular complexity index is 788. The molecule has 2 fully saturated rings. The molecule has 2 aliphatic rings. The highest BCUT2D eigenvalue weighted by molar-refractivity contribution is 7.86. The molecule has 6 nitrogen and oxygen atoms in total. The van der Waals surface area contributed by atoms with Crippen LogP contribution in [0.15, 0.2) is 29.2 Å². The summed E-state index contributed by atoms with van der Waals surface area (Å²) < 4.78 is 35.5. The van der Waals surface area contributed by atoms with Crippen LogP contribution in [0.4, 0.5) is 4.79 Å². The molecule has 1 aliphatic heterocycles. The molecule has 26 heavy (non-hydrogen) atoms. The third-order valence-corrected chi connectivity index (χ3v) is 6.68. The molecule has 1 aromatic rings.